The number of rotatable bonds is 9. The van der Waals surface area contributed by atoms with Crippen LogP contribution in [0.1, 0.15) is 37.2 Å². The van der Waals surface area contributed by atoms with Crippen LogP contribution in [0.2, 0.25) is 0 Å². The number of aromatic nitrogens is 2. The van der Waals surface area contributed by atoms with E-state index in [9.17, 15) is 9.18 Å². The van der Waals surface area contributed by atoms with Crippen LogP contribution < -0.4 is 19.7 Å². The molecule has 0 fully saturated rings. The van der Waals surface area contributed by atoms with Crippen LogP contribution in [0.5, 0.6) is 11.5 Å². The zero-order valence-corrected chi connectivity index (χ0v) is 18.8. The third-order valence-corrected chi connectivity index (χ3v) is 5.90. The molecule has 2 aromatic carbocycles. The van der Waals surface area contributed by atoms with E-state index in [1.54, 1.807) is 12.1 Å². The Morgan fingerprint density at radius 3 is 2.69 bits per heavy atom. The van der Waals surface area contributed by atoms with Gasteiger partial charge in [0.2, 0.25) is 17.8 Å². The van der Waals surface area contributed by atoms with Crippen LogP contribution in [0.3, 0.4) is 0 Å². The van der Waals surface area contributed by atoms with Gasteiger partial charge >= 0.3 is 0 Å². The van der Waals surface area contributed by atoms with Gasteiger partial charge in [0.25, 0.3) is 0 Å². The van der Waals surface area contributed by atoms with Gasteiger partial charge in [0, 0.05) is 43.5 Å². The van der Waals surface area contributed by atoms with E-state index in [0.29, 0.717) is 37.5 Å². The molecule has 3 aromatic rings. The van der Waals surface area contributed by atoms with Crippen LogP contribution in [0.4, 0.5) is 9.52 Å². The highest BCUT2D eigenvalue weighted by molar-refractivity contribution is 7.09. The van der Waals surface area contributed by atoms with Crippen molar-refractivity contribution in [2.24, 2.45) is 0 Å². The molecule has 2 heterocycles. The maximum Gasteiger partial charge on any atom is 0.231 e. The van der Waals surface area contributed by atoms with E-state index in [1.807, 2.05) is 18.2 Å². The maximum absolute atomic E-state index is 13.1. The van der Waals surface area contributed by atoms with Gasteiger partial charge in [0.15, 0.2) is 11.5 Å². The average Bonchev–Trinajstić information content (AvgIpc) is 3.43. The van der Waals surface area contributed by atoms with Crippen molar-refractivity contribution >= 4 is 22.6 Å². The molecule has 9 heteroatoms. The molecule has 0 aliphatic carbocycles. The van der Waals surface area contributed by atoms with Crippen LogP contribution in [0.15, 0.2) is 42.5 Å². The van der Waals surface area contributed by atoms with E-state index in [2.05, 4.69) is 33.4 Å². The Morgan fingerprint density at radius 2 is 1.91 bits per heavy atom. The van der Waals surface area contributed by atoms with Crippen LogP contribution in [0.25, 0.3) is 0 Å². The predicted molar refractivity (Wildman–Crippen MR) is 121 cm³/mol. The summed E-state index contributed by atoms with van der Waals surface area (Å²) in [6.07, 6.45) is 0.883. The number of nitrogens with one attached hydrogen (secondary N) is 1. The second kappa shape index (κ2) is 9.95. The number of carbonyl (C=O) groups excluding carboxylic acids is 1. The van der Waals surface area contributed by atoms with Crippen molar-refractivity contribution in [2.75, 3.05) is 18.2 Å². The van der Waals surface area contributed by atoms with Crippen molar-refractivity contribution in [3.8, 4) is 11.5 Å². The fraction of sp³-hybridized carbons (Fsp3) is 0.348. The molecule has 1 N–H and O–H groups in total. The molecule has 32 heavy (non-hydrogen) atoms. The molecule has 7 nitrogen and oxygen atoms in total. The Morgan fingerprint density at radius 1 is 1.16 bits per heavy atom. The van der Waals surface area contributed by atoms with E-state index < -0.39 is 0 Å². The Hall–Kier alpha value is -3.20. The van der Waals surface area contributed by atoms with Gasteiger partial charge in [0.1, 0.15) is 11.6 Å². The van der Waals surface area contributed by atoms with Crippen molar-refractivity contribution in [2.45, 2.75) is 39.3 Å². The van der Waals surface area contributed by atoms with E-state index >= 15 is 0 Å². The van der Waals surface area contributed by atoms with Crippen LogP contribution in [-0.2, 0) is 17.8 Å². The number of ether oxygens (including phenoxy) is 2. The molecule has 4 rings (SSSR count). The summed E-state index contributed by atoms with van der Waals surface area (Å²) in [5.74, 6) is 1.82. The second-order valence-corrected chi connectivity index (χ2v) is 8.53. The number of benzene rings is 2. The van der Waals surface area contributed by atoms with Gasteiger partial charge < -0.3 is 19.7 Å². The van der Waals surface area contributed by atoms with Gasteiger partial charge in [-0.25, -0.2) is 9.37 Å². The number of anilines is 1. The molecular weight excluding hydrogens is 431 g/mol. The Kier molecular flexibility index (Phi) is 6.84. The lowest BCUT2D eigenvalue weighted by atomic mass is 10.1. The van der Waals surface area contributed by atoms with Crippen molar-refractivity contribution in [3.05, 3.63) is 65.2 Å². The number of hydrogen-bond donors (Lipinski definition) is 1. The molecule has 0 spiro atoms. The largest absolute Gasteiger partial charge is 0.454 e. The molecule has 0 atom stereocenters. The Balaban J connectivity index is 1.30. The van der Waals surface area contributed by atoms with Crippen molar-refractivity contribution in [3.63, 3.8) is 0 Å². The van der Waals surface area contributed by atoms with E-state index in [-0.39, 0.29) is 24.6 Å². The number of amides is 1. The first-order valence-electron chi connectivity index (χ1n) is 10.5. The summed E-state index contributed by atoms with van der Waals surface area (Å²) in [5, 5.41) is 3.73. The minimum atomic E-state index is -0.261. The second-order valence-electron chi connectivity index (χ2n) is 7.80. The molecule has 168 valence electrons. The normalized spacial score (nSPS) is 12.2. The lowest BCUT2D eigenvalue weighted by Gasteiger charge is -2.25. The quantitative estimate of drug-likeness (QED) is 0.526. The smallest absolute Gasteiger partial charge is 0.231 e. The lowest BCUT2D eigenvalue weighted by Crippen LogP contribution is -2.35. The molecule has 1 aromatic heterocycles. The number of halogens is 1. The number of hydrogen-bond acceptors (Lipinski definition) is 7. The molecule has 0 saturated heterocycles. The Labute approximate surface area is 190 Å². The molecule has 0 radical (unpaired) electrons. The van der Waals surface area contributed by atoms with Crippen LogP contribution >= 0.6 is 11.5 Å². The molecule has 0 unspecified atom stereocenters. The van der Waals surface area contributed by atoms with E-state index in [1.165, 1.54) is 23.7 Å². The highest BCUT2D eigenvalue weighted by atomic mass is 32.1. The van der Waals surface area contributed by atoms with Gasteiger partial charge in [-0.1, -0.05) is 18.2 Å². The summed E-state index contributed by atoms with van der Waals surface area (Å²) in [7, 11) is 0. The van der Waals surface area contributed by atoms with Crippen molar-refractivity contribution in [1.82, 2.24) is 14.7 Å². The molecule has 1 amide bonds. The van der Waals surface area contributed by atoms with Crippen molar-refractivity contribution < 1.29 is 18.7 Å². The van der Waals surface area contributed by atoms with Crippen molar-refractivity contribution in [1.29, 1.82) is 0 Å². The average molecular weight is 457 g/mol. The minimum absolute atomic E-state index is 0.0376. The zero-order chi connectivity index (χ0) is 22.5. The first-order chi connectivity index (χ1) is 15.5. The molecule has 1 aliphatic heterocycles. The third-order valence-electron chi connectivity index (χ3n) is 5.11. The molecule has 1 aliphatic rings. The summed E-state index contributed by atoms with van der Waals surface area (Å²) < 4.78 is 28.2. The fourth-order valence-corrected chi connectivity index (χ4v) is 4.20. The lowest BCUT2D eigenvalue weighted by molar-refractivity contribution is -0.121. The summed E-state index contributed by atoms with van der Waals surface area (Å²) in [6.45, 7) is 5.32. The monoisotopic (exact) mass is 456 g/mol. The first-order valence-corrected chi connectivity index (χ1v) is 11.2. The third kappa shape index (κ3) is 5.53. The highest BCUT2D eigenvalue weighted by Crippen LogP contribution is 2.32. The SMILES string of the molecule is CC(C)N(CCC(=O)NCc1ccc2c(c1)OCO2)c1nc(Cc2ccc(F)cc2)ns1. The maximum atomic E-state index is 13.1. The molecule has 0 bridgehead atoms. The van der Waals surface area contributed by atoms with E-state index in [4.69, 9.17) is 9.47 Å². The first kappa shape index (κ1) is 22.0. The summed E-state index contributed by atoms with van der Waals surface area (Å²) in [6, 6.07) is 12.2. The minimum Gasteiger partial charge on any atom is -0.454 e. The predicted octanol–water partition coefficient (Wildman–Crippen LogP) is 3.92. The summed E-state index contributed by atoms with van der Waals surface area (Å²) in [5.41, 5.74) is 1.91. The Bertz CT molecular complexity index is 1070. The van der Waals surface area contributed by atoms with Gasteiger partial charge in [-0.05, 0) is 49.2 Å². The molecular formula is C23H25FN4O3S. The zero-order valence-electron chi connectivity index (χ0n) is 18.0. The number of fused-ring (bicyclic) bond motifs is 1. The van der Waals surface area contributed by atoms with Crippen LogP contribution in [0, 0.1) is 5.82 Å². The van der Waals surface area contributed by atoms with E-state index in [0.717, 1.165) is 22.0 Å². The van der Waals surface area contributed by atoms with Gasteiger partial charge in [0.05, 0.1) is 0 Å². The summed E-state index contributed by atoms with van der Waals surface area (Å²) >= 11 is 1.31. The highest BCUT2D eigenvalue weighted by Gasteiger charge is 2.18. The number of carbonyl (C=O) groups is 1. The standard InChI is InChI=1S/C23H25FN4O3S/c1-15(2)28(23-26-21(27-32-23)12-16-3-6-18(24)7-4-16)10-9-22(29)25-13-17-5-8-19-20(11-17)31-14-30-19/h3-8,11,15H,9-10,12-14H2,1-2H3,(H,25,29). The van der Waals surface area contributed by atoms with Crippen LogP contribution in [-0.4, -0.2) is 34.6 Å². The summed E-state index contributed by atoms with van der Waals surface area (Å²) in [4.78, 5) is 19.1. The topological polar surface area (TPSA) is 76.6 Å². The number of nitrogens with zero attached hydrogens (tertiary/aromatic N) is 3. The molecule has 0 saturated carbocycles. The fourth-order valence-electron chi connectivity index (χ4n) is 3.35. The van der Waals surface area contributed by atoms with Gasteiger partial charge in [-0.3, -0.25) is 4.79 Å². The van der Waals surface area contributed by atoms with Gasteiger partial charge in [-0.2, -0.15) is 4.37 Å². The van der Waals surface area contributed by atoms with Gasteiger partial charge in [-0.15, -0.1) is 0 Å².